The van der Waals surface area contributed by atoms with Gasteiger partial charge < -0.3 is 14.3 Å². The van der Waals surface area contributed by atoms with Gasteiger partial charge in [0.25, 0.3) is 0 Å². The highest BCUT2D eigenvalue weighted by molar-refractivity contribution is 5.07. The van der Waals surface area contributed by atoms with Gasteiger partial charge in [0.05, 0.1) is 12.2 Å². The highest BCUT2D eigenvalue weighted by atomic mass is 16.4. The number of aryl methyl sites for hydroxylation is 3. The molecule has 0 aliphatic carbocycles. The normalized spacial score (nSPS) is 10.9. The van der Waals surface area contributed by atoms with Gasteiger partial charge in [-0.1, -0.05) is 0 Å². The predicted octanol–water partition coefficient (Wildman–Crippen LogP) is 1.92. The second-order valence-corrected chi connectivity index (χ2v) is 3.96. The van der Waals surface area contributed by atoms with Crippen LogP contribution in [0.25, 0.3) is 0 Å². The predicted molar refractivity (Wildman–Crippen MR) is 61.9 cm³/mol. The van der Waals surface area contributed by atoms with Crippen LogP contribution in [-0.4, -0.2) is 9.55 Å². The van der Waals surface area contributed by atoms with Crippen molar-refractivity contribution in [3.05, 3.63) is 41.4 Å². The molecule has 1 N–H and O–H groups in total. The SMILES string of the molecule is Cc1nc(CNCc2cccn2C)oc1C. The Balaban J connectivity index is 1.87. The van der Waals surface area contributed by atoms with Crippen LogP contribution in [-0.2, 0) is 20.1 Å². The molecule has 0 saturated heterocycles. The molecule has 2 aromatic heterocycles. The van der Waals surface area contributed by atoms with Crippen molar-refractivity contribution < 1.29 is 4.42 Å². The summed E-state index contributed by atoms with van der Waals surface area (Å²) in [6.45, 7) is 5.38. The second kappa shape index (κ2) is 4.53. The Morgan fingerprint density at radius 2 is 2.19 bits per heavy atom. The molecule has 2 rings (SSSR count). The fraction of sp³-hybridized carbons (Fsp3) is 0.417. The molecule has 4 nitrogen and oxygen atoms in total. The number of aromatic nitrogens is 2. The minimum atomic E-state index is 0.667. The van der Waals surface area contributed by atoms with Crippen molar-refractivity contribution in [2.24, 2.45) is 7.05 Å². The fourth-order valence-corrected chi connectivity index (χ4v) is 1.59. The van der Waals surface area contributed by atoms with Gasteiger partial charge in [0.2, 0.25) is 5.89 Å². The number of hydrogen-bond acceptors (Lipinski definition) is 3. The Bertz CT molecular complexity index is 451. The van der Waals surface area contributed by atoms with E-state index in [1.807, 2.05) is 33.2 Å². The summed E-state index contributed by atoms with van der Waals surface area (Å²) in [5.74, 6) is 1.65. The lowest BCUT2D eigenvalue weighted by Gasteiger charge is -2.03. The molecule has 0 aliphatic heterocycles. The number of nitrogens with one attached hydrogen (secondary N) is 1. The summed E-state index contributed by atoms with van der Waals surface area (Å²) in [6, 6.07) is 4.13. The summed E-state index contributed by atoms with van der Waals surface area (Å²) in [6.07, 6.45) is 2.04. The largest absolute Gasteiger partial charge is 0.444 e. The molecule has 2 aromatic rings. The maximum absolute atomic E-state index is 5.48. The van der Waals surface area contributed by atoms with Crippen molar-refractivity contribution in [2.75, 3.05) is 0 Å². The number of oxazole rings is 1. The van der Waals surface area contributed by atoms with Crippen LogP contribution in [0.1, 0.15) is 23.0 Å². The highest BCUT2D eigenvalue weighted by Crippen LogP contribution is 2.08. The van der Waals surface area contributed by atoms with E-state index < -0.39 is 0 Å². The third kappa shape index (κ3) is 2.33. The number of hydrogen-bond donors (Lipinski definition) is 1. The average molecular weight is 219 g/mol. The third-order valence-electron chi connectivity index (χ3n) is 2.71. The zero-order valence-corrected chi connectivity index (χ0v) is 9.95. The van der Waals surface area contributed by atoms with Crippen LogP contribution in [0.15, 0.2) is 22.7 Å². The summed E-state index contributed by atoms with van der Waals surface area (Å²) in [5, 5.41) is 3.31. The van der Waals surface area contributed by atoms with E-state index in [4.69, 9.17) is 4.42 Å². The maximum atomic E-state index is 5.48. The molecule has 16 heavy (non-hydrogen) atoms. The van der Waals surface area contributed by atoms with Crippen LogP contribution in [0.2, 0.25) is 0 Å². The Morgan fingerprint density at radius 1 is 1.38 bits per heavy atom. The van der Waals surface area contributed by atoms with Crippen LogP contribution in [0, 0.1) is 13.8 Å². The summed E-state index contributed by atoms with van der Waals surface area (Å²) in [7, 11) is 2.04. The molecule has 0 atom stereocenters. The Kier molecular flexibility index (Phi) is 3.10. The lowest BCUT2D eigenvalue weighted by molar-refractivity contribution is 0.447. The van der Waals surface area contributed by atoms with E-state index >= 15 is 0 Å². The molecule has 0 spiro atoms. The van der Waals surface area contributed by atoms with Crippen molar-refractivity contribution in [2.45, 2.75) is 26.9 Å². The van der Waals surface area contributed by atoms with Gasteiger partial charge in [0.15, 0.2) is 0 Å². The van der Waals surface area contributed by atoms with Crippen LogP contribution in [0.5, 0.6) is 0 Å². The molecule has 0 fully saturated rings. The van der Waals surface area contributed by atoms with Crippen molar-refractivity contribution in [1.29, 1.82) is 0 Å². The summed E-state index contributed by atoms with van der Waals surface area (Å²) in [4.78, 5) is 4.32. The molecule has 0 aromatic carbocycles. The molecular weight excluding hydrogens is 202 g/mol. The average Bonchev–Trinajstić information content (AvgIpc) is 2.76. The van der Waals surface area contributed by atoms with Crippen molar-refractivity contribution in [3.63, 3.8) is 0 Å². The van der Waals surface area contributed by atoms with Crippen molar-refractivity contribution in [3.8, 4) is 0 Å². The van der Waals surface area contributed by atoms with Crippen LogP contribution < -0.4 is 5.32 Å². The maximum Gasteiger partial charge on any atom is 0.208 e. The van der Waals surface area contributed by atoms with E-state index in [1.165, 1.54) is 5.69 Å². The van der Waals surface area contributed by atoms with Gasteiger partial charge in [-0.3, -0.25) is 0 Å². The van der Waals surface area contributed by atoms with E-state index in [0.29, 0.717) is 6.54 Å². The lowest BCUT2D eigenvalue weighted by Crippen LogP contribution is -2.14. The van der Waals surface area contributed by atoms with Gasteiger partial charge in [0.1, 0.15) is 5.76 Å². The first-order valence-corrected chi connectivity index (χ1v) is 5.40. The zero-order chi connectivity index (χ0) is 11.5. The van der Waals surface area contributed by atoms with Crippen LogP contribution >= 0.6 is 0 Å². The number of rotatable bonds is 4. The molecular formula is C12H17N3O. The monoisotopic (exact) mass is 219 g/mol. The van der Waals surface area contributed by atoms with E-state index in [2.05, 4.69) is 20.9 Å². The van der Waals surface area contributed by atoms with E-state index in [1.54, 1.807) is 0 Å². The molecule has 86 valence electrons. The summed E-state index contributed by atoms with van der Waals surface area (Å²) >= 11 is 0. The van der Waals surface area contributed by atoms with Gasteiger partial charge in [-0.15, -0.1) is 0 Å². The van der Waals surface area contributed by atoms with E-state index in [9.17, 15) is 0 Å². The molecule has 0 aliphatic rings. The van der Waals surface area contributed by atoms with Gasteiger partial charge in [-0.2, -0.15) is 0 Å². The fourth-order valence-electron chi connectivity index (χ4n) is 1.59. The standard InChI is InChI=1S/C12H17N3O/c1-9-10(2)16-12(14-9)8-13-7-11-5-4-6-15(11)3/h4-6,13H,7-8H2,1-3H3. The summed E-state index contributed by atoms with van der Waals surface area (Å²) in [5.41, 5.74) is 2.22. The van der Waals surface area contributed by atoms with Crippen molar-refractivity contribution >= 4 is 0 Å². The molecule has 4 heteroatoms. The third-order valence-corrected chi connectivity index (χ3v) is 2.71. The van der Waals surface area contributed by atoms with Crippen LogP contribution in [0.3, 0.4) is 0 Å². The Hall–Kier alpha value is -1.55. The van der Waals surface area contributed by atoms with E-state index in [-0.39, 0.29) is 0 Å². The lowest BCUT2D eigenvalue weighted by atomic mass is 10.4. The molecule has 0 unspecified atom stereocenters. The van der Waals surface area contributed by atoms with Crippen LogP contribution in [0.4, 0.5) is 0 Å². The molecule has 0 radical (unpaired) electrons. The first-order valence-electron chi connectivity index (χ1n) is 5.40. The van der Waals surface area contributed by atoms with Gasteiger partial charge in [-0.25, -0.2) is 4.98 Å². The molecule has 0 amide bonds. The smallest absolute Gasteiger partial charge is 0.208 e. The zero-order valence-electron chi connectivity index (χ0n) is 9.95. The van der Waals surface area contributed by atoms with Gasteiger partial charge in [-0.05, 0) is 26.0 Å². The molecule has 0 saturated carbocycles. The second-order valence-electron chi connectivity index (χ2n) is 3.96. The van der Waals surface area contributed by atoms with Gasteiger partial charge >= 0.3 is 0 Å². The molecule has 2 heterocycles. The van der Waals surface area contributed by atoms with Gasteiger partial charge in [0, 0.05) is 25.5 Å². The quantitative estimate of drug-likeness (QED) is 0.854. The minimum Gasteiger partial charge on any atom is -0.444 e. The highest BCUT2D eigenvalue weighted by Gasteiger charge is 2.04. The minimum absolute atomic E-state index is 0.667. The van der Waals surface area contributed by atoms with Crippen molar-refractivity contribution in [1.82, 2.24) is 14.9 Å². The summed E-state index contributed by atoms with van der Waals surface area (Å²) < 4.78 is 7.58. The molecule has 0 bridgehead atoms. The first kappa shape index (κ1) is 11.0. The number of nitrogens with zero attached hydrogens (tertiary/aromatic N) is 2. The van der Waals surface area contributed by atoms with E-state index in [0.717, 1.165) is 23.9 Å². The first-order chi connectivity index (χ1) is 7.66. The topological polar surface area (TPSA) is 43.0 Å². The Labute approximate surface area is 95.3 Å². The Morgan fingerprint density at radius 3 is 2.75 bits per heavy atom.